The molecule has 1 unspecified atom stereocenters. The zero-order valence-corrected chi connectivity index (χ0v) is 17.4. The van der Waals surface area contributed by atoms with Crippen molar-refractivity contribution in [1.82, 2.24) is 20.0 Å². The number of aromatic amines is 1. The third-order valence-electron chi connectivity index (χ3n) is 5.77. The highest BCUT2D eigenvalue weighted by Crippen LogP contribution is 2.35. The van der Waals surface area contributed by atoms with Crippen LogP contribution < -0.4 is 5.32 Å². The predicted molar refractivity (Wildman–Crippen MR) is 114 cm³/mol. The average Bonchev–Trinajstić information content (AvgIpc) is 3.35. The van der Waals surface area contributed by atoms with Gasteiger partial charge in [-0.25, -0.2) is 0 Å². The summed E-state index contributed by atoms with van der Waals surface area (Å²) >= 11 is 0. The first-order valence-electron chi connectivity index (χ1n) is 10.3. The summed E-state index contributed by atoms with van der Waals surface area (Å²) in [6, 6.07) is 12.1. The molecule has 154 valence electrons. The van der Waals surface area contributed by atoms with Crippen molar-refractivity contribution in [2.75, 3.05) is 5.32 Å². The van der Waals surface area contributed by atoms with Gasteiger partial charge in [0.15, 0.2) is 5.69 Å². The lowest BCUT2D eigenvalue weighted by atomic mass is 9.76. The molecule has 7 heteroatoms. The molecule has 1 aliphatic carbocycles. The lowest BCUT2D eigenvalue weighted by molar-refractivity contribution is 0.102. The molecule has 1 amide bonds. The van der Waals surface area contributed by atoms with Crippen LogP contribution in [0.25, 0.3) is 0 Å². The zero-order chi connectivity index (χ0) is 21.1. The quantitative estimate of drug-likeness (QED) is 0.643. The first-order valence-corrected chi connectivity index (χ1v) is 10.3. The van der Waals surface area contributed by atoms with Crippen LogP contribution in [0, 0.1) is 16.7 Å². The van der Waals surface area contributed by atoms with E-state index in [4.69, 9.17) is 5.26 Å². The number of carbonyl (C=O) groups is 1. The van der Waals surface area contributed by atoms with Gasteiger partial charge in [-0.15, -0.1) is 0 Å². The molecular weight excluding hydrogens is 376 g/mol. The van der Waals surface area contributed by atoms with Crippen LogP contribution >= 0.6 is 0 Å². The molecule has 30 heavy (non-hydrogen) atoms. The van der Waals surface area contributed by atoms with E-state index >= 15 is 0 Å². The molecule has 1 aliphatic rings. The van der Waals surface area contributed by atoms with Gasteiger partial charge < -0.3 is 5.32 Å². The van der Waals surface area contributed by atoms with Gasteiger partial charge in [0, 0.05) is 23.9 Å². The smallest absolute Gasteiger partial charge is 0.276 e. The van der Waals surface area contributed by atoms with Crippen LogP contribution in [0.1, 0.15) is 66.5 Å². The maximum atomic E-state index is 12.9. The molecule has 1 atom stereocenters. The summed E-state index contributed by atoms with van der Waals surface area (Å²) in [4.78, 5) is 12.9. The van der Waals surface area contributed by atoms with Crippen LogP contribution in [0.4, 0.5) is 5.69 Å². The molecule has 2 aromatic heterocycles. The Morgan fingerprint density at radius 1 is 1.37 bits per heavy atom. The molecule has 0 aliphatic heterocycles. The number of carbonyl (C=O) groups excluding carboxylic acids is 1. The van der Waals surface area contributed by atoms with E-state index in [9.17, 15) is 4.79 Å². The van der Waals surface area contributed by atoms with Gasteiger partial charge in [-0.3, -0.25) is 14.6 Å². The maximum Gasteiger partial charge on any atom is 0.276 e. The van der Waals surface area contributed by atoms with Gasteiger partial charge in [0.05, 0.1) is 24.0 Å². The third kappa shape index (κ3) is 4.13. The Labute approximate surface area is 176 Å². The van der Waals surface area contributed by atoms with E-state index < -0.39 is 0 Å². The summed E-state index contributed by atoms with van der Waals surface area (Å²) in [5.74, 6) is -0.222. The van der Waals surface area contributed by atoms with Crippen LogP contribution in [-0.2, 0) is 12.8 Å². The number of hydrogen-bond donors (Lipinski definition) is 2. The zero-order valence-electron chi connectivity index (χ0n) is 17.4. The second-order valence-electron chi connectivity index (χ2n) is 8.66. The molecule has 2 heterocycles. The van der Waals surface area contributed by atoms with E-state index in [-0.39, 0.29) is 17.4 Å². The van der Waals surface area contributed by atoms with Crippen LogP contribution in [-0.4, -0.2) is 25.9 Å². The highest BCUT2D eigenvalue weighted by atomic mass is 16.2. The fourth-order valence-corrected chi connectivity index (χ4v) is 4.13. The minimum absolute atomic E-state index is 0.0584. The standard InChI is InChI=1S/C23H26N6O/c1-23(2)11-10-18-19(13-23)27-28-21(18)22(30)26-17-14-25-29(15-17)20(9-6-12-24)16-7-4-3-5-8-16/h3-5,7-8,14-15,20H,6,9-11,13H2,1-2H3,(H,26,30)(H,27,28). The van der Waals surface area contributed by atoms with Gasteiger partial charge in [0.1, 0.15) is 0 Å². The number of amides is 1. The minimum Gasteiger partial charge on any atom is -0.318 e. The Balaban J connectivity index is 1.51. The summed E-state index contributed by atoms with van der Waals surface area (Å²) in [6.45, 7) is 4.47. The number of nitrogens with one attached hydrogen (secondary N) is 2. The molecule has 4 rings (SSSR count). The van der Waals surface area contributed by atoms with Gasteiger partial charge in [0.2, 0.25) is 0 Å². The van der Waals surface area contributed by atoms with E-state index in [0.717, 1.165) is 36.1 Å². The second-order valence-corrected chi connectivity index (χ2v) is 8.66. The molecule has 0 bridgehead atoms. The van der Waals surface area contributed by atoms with Gasteiger partial charge in [-0.1, -0.05) is 44.2 Å². The Bertz CT molecular complexity index is 1070. The van der Waals surface area contributed by atoms with Crippen molar-refractivity contribution in [3.63, 3.8) is 0 Å². The number of fused-ring (bicyclic) bond motifs is 1. The van der Waals surface area contributed by atoms with Crippen molar-refractivity contribution in [3.8, 4) is 6.07 Å². The summed E-state index contributed by atoms with van der Waals surface area (Å²) < 4.78 is 1.81. The van der Waals surface area contributed by atoms with Crippen LogP contribution in [0.5, 0.6) is 0 Å². The van der Waals surface area contributed by atoms with E-state index in [1.54, 1.807) is 6.20 Å². The van der Waals surface area contributed by atoms with Gasteiger partial charge in [0.25, 0.3) is 5.91 Å². The molecule has 0 radical (unpaired) electrons. The fraction of sp³-hybridized carbons (Fsp3) is 0.391. The fourth-order valence-electron chi connectivity index (χ4n) is 4.13. The Morgan fingerprint density at radius 2 is 2.17 bits per heavy atom. The van der Waals surface area contributed by atoms with Crippen molar-refractivity contribution >= 4 is 11.6 Å². The molecule has 7 nitrogen and oxygen atoms in total. The van der Waals surface area contributed by atoms with E-state index in [1.807, 2.05) is 41.2 Å². The molecule has 3 aromatic rings. The summed E-state index contributed by atoms with van der Waals surface area (Å²) in [7, 11) is 0. The number of hydrogen-bond acceptors (Lipinski definition) is 4. The number of rotatable bonds is 6. The van der Waals surface area contributed by atoms with Gasteiger partial charge in [-0.05, 0) is 36.7 Å². The number of aromatic nitrogens is 4. The molecule has 0 spiro atoms. The average molecular weight is 403 g/mol. The van der Waals surface area contributed by atoms with Gasteiger partial charge >= 0.3 is 0 Å². The van der Waals surface area contributed by atoms with Crippen molar-refractivity contribution in [2.24, 2.45) is 5.41 Å². The molecule has 2 N–H and O–H groups in total. The Hall–Kier alpha value is -3.40. The molecule has 0 saturated heterocycles. The summed E-state index contributed by atoms with van der Waals surface area (Å²) in [6.07, 6.45) is 7.32. The van der Waals surface area contributed by atoms with Crippen LogP contribution in [0.3, 0.4) is 0 Å². The normalized spacial score (nSPS) is 15.8. The van der Waals surface area contributed by atoms with E-state index in [1.165, 1.54) is 0 Å². The minimum atomic E-state index is -0.222. The predicted octanol–water partition coefficient (Wildman–Crippen LogP) is 4.27. The number of nitrogens with zero attached hydrogens (tertiary/aromatic N) is 4. The lowest BCUT2D eigenvalue weighted by Crippen LogP contribution is -2.23. The van der Waals surface area contributed by atoms with E-state index in [0.29, 0.717) is 24.2 Å². The van der Waals surface area contributed by atoms with E-state index in [2.05, 4.69) is 40.5 Å². The monoisotopic (exact) mass is 402 g/mol. The van der Waals surface area contributed by atoms with Crippen molar-refractivity contribution in [2.45, 2.75) is 52.0 Å². The molecular formula is C23H26N6O. The van der Waals surface area contributed by atoms with Crippen LogP contribution in [0.15, 0.2) is 42.7 Å². The highest BCUT2D eigenvalue weighted by molar-refractivity contribution is 6.03. The maximum absolute atomic E-state index is 12.9. The highest BCUT2D eigenvalue weighted by Gasteiger charge is 2.30. The van der Waals surface area contributed by atoms with Crippen LogP contribution in [0.2, 0.25) is 0 Å². The first-order chi connectivity index (χ1) is 14.5. The number of nitriles is 1. The first kappa shape index (κ1) is 19.9. The lowest BCUT2D eigenvalue weighted by Gasteiger charge is -2.28. The van der Waals surface area contributed by atoms with Gasteiger partial charge in [-0.2, -0.15) is 15.5 Å². The topological polar surface area (TPSA) is 99.4 Å². The van der Waals surface area contributed by atoms with Crippen molar-refractivity contribution in [3.05, 3.63) is 65.2 Å². The Kier molecular flexibility index (Phi) is 5.40. The molecule has 1 aromatic carbocycles. The molecule has 0 fully saturated rings. The third-order valence-corrected chi connectivity index (χ3v) is 5.77. The number of H-pyrrole nitrogens is 1. The summed E-state index contributed by atoms with van der Waals surface area (Å²) in [5.41, 5.74) is 4.48. The second kappa shape index (κ2) is 8.15. The largest absolute Gasteiger partial charge is 0.318 e. The SMILES string of the molecule is CC1(C)CCc2c(C(=O)Nc3cnn(C(CCC#N)c4ccccc4)c3)n[nH]c2C1. The van der Waals surface area contributed by atoms with Crippen molar-refractivity contribution < 1.29 is 4.79 Å². The number of benzene rings is 1. The Morgan fingerprint density at radius 3 is 2.93 bits per heavy atom. The number of anilines is 1. The van der Waals surface area contributed by atoms with Crippen molar-refractivity contribution in [1.29, 1.82) is 5.26 Å². The molecule has 0 saturated carbocycles. The summed E-state index contributed by atoms with van der Waals surface area (Å²) in [5, 5.41) is 23.7.